The molecule has 0 radical (unpaired) electrons. The maximum atomic E-state index is 5.57. The fourth-order valence-electron chi connectivity index (χ4n) is 2.66. The van der Waals surface area contributed by atoms with Crippen molar-refractivity contribution in [1.29, 1.82) is 0 Å². The van der Waals surface area contributed by atoms with Gasteiger partial charge in [-0.15, -0.1) is 0 Å². The van der Waals surface area contributed by atoms with E-state index in [4.69, 9.17) is 9.47 Å². The van der Waals surface area contributed by atoms with Gasteiger partial charge in [-0.05, 0) is 32.5 Å². The van der Waals surface area contributed by atoms with Crippen LogP contribution in [0.4, 0.5) is 0 Å². The summed E-state index contributed by atoms with van der Waals surface area (Å²) in [5.74, 6) is 1.84. The molecule has 1 aromatic carbocycles. The average Bonchev–Trinajstić information content (AvgIpc) is 2.68. The quantitative estimate of drug-likeness (QED) is 0.899. The van der Waals surface area contributed by atoms with Gasteiger partial charge in [-0.2, -0.15) is 0 Å². The first-order valence-electron chi connectivity index (χ1n) is 6.89. The standard InChI is InChI=1S/C15H24N2O2/c1-12-14(18-2)6-5-13(15(12)19-3)11-17-9-4-7-16-8-10-17/h5-6,16H,4,7-11H2,1-3H3. The average molecular weight is 264 g/mol. The molecule has 4 nitrogen and oxygen atoms in total. The summed E-state index contributed by atoms with van der Waals surface area (Å²) in [6, 6.07) is 4.15. The van der Waals surface area contributed by atoms with Crippen LogP contribution in [-0.2, 0) is 6.54 Å². The Morgan fingerprint density at radius 1 is 1.16 bits per heavy atom. The number of hydrogen-bond acceptors (Lipinski definition) is 4. The number of nitrogens with zero attached hydrogens (tertiary/aromatic N) is 1. The topological polar surface area (TPSA) is 33.7 Å². The van der Waals surface area contributed by atoms with E-state index in [1.54, 1.807) is 14.2 Å². The maximum Gasteiger partial charge on any atom is 0.129 e. The lowest BCUT2D eigenvalue weighted by molar-refractivity contribution is 0.278. The lowest BCUT2D eigenvalue weighted by atomic mass is 10.1. The van der Waals surface area contributed by atoms with Crippen LogP contribution in [0.1, 0.15) is 17.5 Å². The number of benzene rings is 1. The number of nitrogens with one attached hydrogen (secondary N) is 1. The Bertz CT molecular complexity index is 413. The van der Waals surface area contributed by atoms with E-state index in [0.717, 1.165) is 49.8 Å². The Kier molecular flexibility index (Phi) is 5.05. The number of rotatable bonds is 4. The van der Waals surface area contributed by atoms with Crippen LogP contribution in [0.5, 0.6) is 11.5 Å². The van der Waals surface area contributed by atoms with Crippen molar-refractivity contribution < 1.29 is 9.47 Å². The first-order chi connectivity index (χ1) is 9.26. The van der Waals surface area contributed by atoms with Crippen LogP contribution in [0, 0.1) is 6.92 Å². The second-order valence-electron chi connectivity index (χ2n) is 4.96. The molecule has 106 valence electrons. The lowest BCUT2D eigenvalue weighted by Gasteiger charge is -2.22. The Hall–Kier alpha value is -1.26. The molecule has 19 heavy (non-hydrogen) atoms. The number of methoxy groups -OCH3 is 2. The Balaban J connectivity index is 2.17. The van der Waals surface area contributed by atoms with E-state index in [1.807, 2.05) is 13.0 Å². The van der Waals surface area contributed by atoms with Gasteiger partial charge in [-0.3, -0.25) is 4.90 Å². The SMILES string of the molecule is COc1ccc(CN2CCCNCC2)c(OC)c1C. The number of hydrogen-bond donors (Lipinski definition) is 1. The molecule has 0 aliphatic carbocycles. The molecule has 0 bridgehead atoms. The molecule has 1 aliphatic heterocycles. The van der Waals surface area contributed by atoms with Crippen molar-refractivity contribution in [3.8, 4) is 11.5 Å². The van der Waals surface area contributed by atoms with Crippen molar-refractivity contribution in [3.05, 3.63) is 23.3 Å². The van der Waals surface area contributed by atoms with Crippen LogP contribution >= 0.6 is 0 Å². The van der Waals surface area contributed by atoms with E-state index < -0.39 is 0 Å². The fourth-order valence-corrected chi connectivity index (χ4v) is 2.66. The van der Waals surface area contributed by atoms with E-state index in [0.29, 0.717) is 0 Å². The van der Waals surface area contributed by atoms with Crippen LogP contribution in [-0.4, -0.2) is 45.3 Å². The zero-order chi connectivity index (χ0) is 13.7. The highest BCUT2D eigenvalue weighted by molar-refractivity contribution is 5.49. The van der Waals surface area contributed by atoms with Crippen molar-refractivity contribution in [1.82, 2.24) is 10.2 Å². The smallest absolute Gasteiger partial charge is 0.129 e. The molecule has 4 heteroatoms. The van der Waals surface area contributed by atoms with Crippen molar-refractivity contribution in [2.75, 3.05) is 40.4 Å². The summed E-state index contributed by atoms with van der Waals surface area (Å²) >= 11 is 0. The lowest BCUT2D eigenvalue weighted by Crippen LogP contribution is -2.27. The van der Waals surface area contributed by atoms with Gasteiger partial charge in [0, 0.05) is 30.8 Å². The molecule has 1 aliphatic rings. The molecular formula is C15H24N2O2. The van der Waals surface area contributed by atoms with E-state index >= 15 is 0 Å². The third-order valence-corrected chi connectivity index (χ3v) is 3.69. The zero-order valence-electron chi connectivity index (χ0n) is 12.2. The molecule has 2 rings (SSSR count). The molecule has 1 fully saturated rings. The third-order valence-electron chi connectivity index (χ3n) is 3.69. The third kappa shape index (κ3) is 3.39. The predicted octanol–water partition coefficient (Wildman–Crippen LogP) is 1.81. The highest BCUT2D eigenvalue weighted by Crippen LogP contribution is 2.32. The van der Waals surface area contributed by atoms with E-state index in [9.17, 15) is 0 Å². The molecule has 1 heterocycles. The molecule has 0 spiro atoms. The monoisotopic (exact) mass is 264 g/mol. The van der Waals surface area contributed by atoms with Crippen LogP contribution in [0.3, 0.4) is 0 Å². The van der Waals surface area contributed by atoms with Crippen molar-refractivity contribution in [2.24, 2.45) is 0 Å². The minimum absolute atomic E-state index is 0.887. The molecule has 1 saturated heterocycles. The second kappa shape index (κ2) is 6.78. The van der Waals surface area contributed by atoms with Crippen LogP contribution in [0.25, 0.3) is 0 Å². The van der Waals surface area contributed by atoms with E-state index in [-0.39, 0.29) is 0 Å². The Morgan fingerprint density at radius 3 is 2.74 bits per heavy atom. The van der Waals surface area contributed by atoms with Crippen LogP contribution < -0.4 is 14.8 Å². The summed E-state index contributed by atoms with van der Waals surface area (Å²) in [6.45, 7) is 7.41. The first-order valence-corrected chi connectivity index (χ1v) is 6.89. The van der Waals surface area contributed by atoms with Crippen molar-refractivity contribution >= 4 is 0 Å². The van der Waals surface area contributed by atoms with Crippen molar-refractivity contribution in [3.63, 3.8) is 0 Å². The van der Waals surface area contributed by atoms with Crippen LogP contribution in [0.15, 0.2) is 12.1 Å². The minimum Gasteiger partial charge on any atom is -0.496 e. The molecular weight excluding hydrogens is 240 g/mol. The molecule has 0 aromatic heterocycles. The highest BCUT2D eigenvalue weighted by Gasteiger charge is 2.15. The normalized spacial score (nSPS) is 17.0. The van der Waals surface area contributed by atoms with Gasteiger partial charge < -0.3 is 14.8 Å². The second-order valence-corrected chi connectivity index (χ2v) is 4.96. The van der Waals surface area contributed by atoms with Gasteiger partial charge in [0.2, 0.25) is 0 Å². The van der Waals surface area contributed by atoms with Gasteiger partial charge >= 0.3 is 0 Å². The summed E-state index contributed by atoms with van der Waals surface area (Å²) in [7, 11) is 3.43. The van der Waals surface area contributed by atoms with Crippen molar-refractivity contribution in [2.45, 2.75) is 19.9 Å². The maximum absolute atomic E-state index is 5.57. The molecule has 0 unspecified atom stereocenters. The fraction of sp³-hybridized carbons (Fsp3) is 0.600. The summed E-state index contributed by atoms with van der Waals surface area (Å²) in [5.41, 5.74) is 2.32. The van der Waals surface area contributed by atoms with Gasteiger partial charge in [-0.1, -0.05) is 6.07 Å². The summed E-state index contributed by atoms with van der Waals surface area (Å²) in [6.07, 6.45) is 1.21. The van der Waals surface area contributed by atoms with Crippen LogP contribution in [0.2, 0.25) is 0 Å². The molecule has 1 aromatic rings. The van der Waals surface area contributed by atoms with Gasteiger partial charge in [0.05, 0.1) is 14.2 Å². The largest absolute Gasteiger partial charge is 0.496 e. The van der Waals surface area contributed by atoms with Gasteiger partial charge in [0.1, 0.15) is 11.5 Å². The van der Waals surface area contributed by atoms with Gasteiger partial charge in [0.25, 0.3) is 0 Å². The summed E-state index contributed by atoms with van der Waals surface area (Å²) < 4.78 is 10.9. The highest BCUT2D eigenvalue weighted by atomic mass is 16.5. The Labute approximate surface area is 115 Å². The molecule has 0 amide bonds. The summed E-state index contributed by atoms with van der Waals surface area (Å²) in [4.78, 5) is 2.48. The van der Waals surface area contributed by atoms with E-state index in [2.05, 4.69) is 16.3 Å². The number of ether oxygens (including phenoxy) is 2. The first kappa shape index (κ1) is 14.2. The molecule has 0 atom stereocenters. The van der Waals surface area contributed by atoms with E-state index in [1.165, 1.54) is 12.0 Å². The Morgan fingerprint density at radius 2 is 2.00 bits per heavy atom. The molecule has 1 N–H and O–H groups in total. The summed E-state index contributed by atoms with van der Waals surface area (Å²) in [5, 5.41) is 3.43. The predicted molar refractivity (Wildman–Crippen MR) is 77.0 cm³/mol. The molecule has 0 saturated carbocycles. The van der Waals surface area contributed by atoms with Gasteiger partial charge in [0.15, 0.2) is 0 Å². The minimum atomic E-state index is 0.887. The zero-order valence-corrected chi connectivity index (χ0v) is 12.2. The van der Waals surface area contributed by atoms with Gasteiger partial charge in [-0.25, -0.2) is 0 Å².